The summed E-state index contributed by atoms with van der Waals surface area (Å²) >= 11 is 5.88. The predicted molar refractivity (Wildman–Crippen MR) is 96.3 cm³/mol. The molecule has 1 amide bonds. The second-order valence-corrected chi connectivity index (χ2v) is 6.46. The summed E-state index contributed by atoms with van der Waals surface area (Å²) in [5.74, 6) is -1.23. The summed E-state index contributed by atoms with van der Waals surface area (Å²) in [6, 6.07) is 7.11. The van der Waals surface area contributed by atoms with Crippen molar-refractivity contribution in [2.45, 2.75) is 33.6 Å². The maximum Gasteiger partial charge on any atom is 0.311 e. The minimum atomic E-state index is -0.949. The van der Waals surface area contributed by atoms with Gasteiger partial charge in [-0.1, -0.05) is 25.4 Å². The van der Waals surface area contributed by atoms with Crippen molar-refractivity contribution >= 4 is 23.5 Å². The Hall–Kier alpha value is -2.34. The minimum absolute atomic E-state index is 0.0831. The van der Waals surface area contributed by atoms with E-state index < -0.39 is 11.4 Å². The van der Waals surface area contributed by atoms with Crippen molar-refractivity contribution < 1.29 is 14.7 Å². The third-order valence-corrected chi connectivity index (χ3v) is 4.88. The van der Waals surface area contributed by atoms with Gasteiger partial charge in [0.05, 0.1) is 22.4 Å². The number of hydrogen-bond acceptors (Lipinski definition) is 3. The molecule has 0 atom stereocenters. The number of benzene rings is 1. The highest BCUT2D eigenvalue weighted by atomic mass is 35.5. The quantitative estimate of drug-likeness (QED) is 0.789. The number of rotatable bonds is 7. The molecule has 1 aromatic heterocycles. The number of nitrogens with zero attached hydrogens (tertiary/aromatic N) is 2. The second-order valence-electron chi connectivity index (χ2n) is 6.02. The molecule has 0 radical (unpaired) electrons. The van der Waals surface area contributed by atoms with Gasteiger partial charge in [0.1, 0.15) is 0 Å². The highest BCUT2D eigenvalue weighted by Crippen LogP contribution is 2.26. The van der Waals surface area contributed by atoms with E-state index in [0.717, 1.165) is 5.69 Å². The third-order valence-electron chi connectivity index (χ3n) is 4.63. The van der Waals surface area contributed by atoms with E-state index in [2.05, 4.69) is 10.4 Å². The first-order valence-electron chi connectivity index (χ1n) is 8.16. The molecule has 0 aliphatic heterocycles. The number of carbonyl (C=O) groups excluding carboxylic acids is 1. The Labute approximate surface area is 151 Å². The number of halogens is 1. The Balaban J connectivity index is 2.17. The first-order chi connectivity index (χ1) is 11.8. The molecule has 0 bridgehead atoms. The molecule has 0 aliphatic carbocycles. The second kappa shape index (κ2) is 7.70. The number of hydrogen-bond donors (Lipinski definition) is 2. The van der Waals surface area contributed by atoms with Gasteiger partial charge >= 0.3 is 5.97 Å². The molecule has 1 heterocycles. The molecule has 0 aliphatic rings. The number of aryl methyl sites for hydroxylation is 1. The van der Waals surface area contributed by atoms with Crippen molar-refractivity contribution in [3.63, 3.8) is 0 Å². The smallest absolute Gasteiger partial charge is 0.311 e. The lowest BCUT2D eigenvalue weighted by Crippen LogP contribution is -2.42. The van der Waals surface area contributed by atoms with Crippen LogP contribution in [-0.4, -0.2) is 33.3 Å². The molecular formula is C18H22ClN3O3. The van der Waals surface area contributed by atoms with E-state index >= 15 is 0 Å². The number of carboxylic acid groups (broad SMARTS) is 1. The maximum absolute atomic E-state index is 12.5. The van der Waals surface area contributed by atoms with Crippen LogP contribution < -0.4 is 5.32 Å². The molecule has 2 N–H and O–H groups in total. The zero-order chi connectivity index (χ0) is 18.6. The van der Waals surface area contributed by atoms with Crippen LogP contribution in [0.5, 0.6) is 0 Å². The van der Waals surface area contributed by atoms with Gasteiger partial charge in [-0.2, -0.15) is 5.10 Å². The number of carboxylic acids is 1. The van der Waals surface area contributed by atoms with Crippen LogP contribution in [0.1, 0.15) is 42.7 Å². The third kappa shape index (κ3) is 4.02. The van der Waals surface area contributed by atoms with Crippen molar-refractivity contribution in [2.75, 3.05) is 6.54 Å². The minimum Gasteiger partial charge on any atom is -0.481 e. The summed E-state index contributed by atoms with van der Waals surface area (Å²) in [7, 11) is 0. The molecule has 0 fully saturated rings. The van der Waals surface area contributed by atoms with Crippen molar-refractivity contribution in [3.05, 3.63) is 46.7 Å². The fourth-order valence-electron chi connectivity index (χ4n) is 2.63. The van der Waals surface area contributed by atoms with Crippen LogP contribution in [0.25, 0.3) is 5.69 Å². The highest BCUT2D eigenvalue weighted by molar-refractivity contribution is 6.30. The summed E-state index contributed by atoms with van der Waals surface area (Å²) in [6.07, 6.45) is 2.53. The summed E-state index contributed by atoms with van der Waals surface area (Å²) < 4.78 is 1.60. The van der Waals surface area contributed by atoms with Gasteiger partial charge in [0, 0.05) is 17.8 Å². The van der Waals surface area contributed by atoms with Crippen molar-refractivity contribution in [1.29, 1.82) is 0 Å². The number of amides is 1. The molecule has 6 nitrogen and oxygen atoms in total. The van der Waals surface area contributed by atoms with Gasteiger partial charge in [0.15, 0.2) is 0 Å². The Bertz CT molecular complexity index is 764. The van der Waals surface area contributed by atoms with E-state index in [9.17, 15) is 14.7 Å². The summed E-state index contributed by atoms with van der Waals surface area (Å²) in [5, 5.41) is 17.2. The average molecular weight is 364 g/mol. The fraction of sp³-hybridized carbons (Fsp3) is 0.389. The Morgan fingerprint density at radius 1 is 1.24 bits per heavy atom. The lowest BCUT2D eigenvalue weighted by Gasteiger charge is -2.26. The molecule has 0 unspecified atom stereocenters. The zero-order valence-electron chi connectivity index (χ0n) is 14.5. The number of carbonyl (C=O) groups is 2. The Kier molecular flexibility index (Phi) is 5.85. The largest absolute Gasteiger partial charge is 0.481 e. The summed E-state index contributed by atoms with van der Waals surface area (Å²) in [4.78, 5) is 24.0. The molecular weight excluding hydrogens is 342 g/mol. The normalized spacial score (nSPS) is 11.4. The van der Waals surface area contributed by atoms with Gasteiger partial charge in [-0.25, -0.2) is 4.68 Å². The lowest BCUT2D eigenvalue weighted by atomic mass is 9.82. The summed E-state index contributed by atoms with van der Waals surface area (Å²) in [6.45, 7) is 5.45. The first kappa shape index (κ1) is 19.0. The van der Waals surface area contributed by atoms with Gasteiger partial charge in [-0.15, -0.1) is 0 Å². The monoisotopic (exact) mass is 363 g/mol. The fourth-order valence-corrected chi connectivity index (χ4v) is 2.76. The number of aromatic nitrogens is 2. The van der Waals surface area contributed by atoms with Gasteiger partial charge in [0.2, 0.25) is 0 Å². The van der Waals surface area contributed by atoms with Gasteiger partial charge in [-0.05, 0) is 44.0 Å². The molecule has 0 saturated heterocycles. The zero-order valence-corrected chi connectivity index (χ0v) is 15.3. The molecule has 0 saturated carbocycles. The van der Waals surface area contributed by atoms with Crippen LogP contribution in [0, 0.1) is 12.3 Å². The lowest BCUT2D eigenvalue weighted by molar-refractivity contribution is -0.149. The van der Waals surface area contributed by atoms with E-state index in [1.807, 2.05) is 13.8 Å². The van der Waals surface area contributed by atoms with Gasteiger partial charge in [-0.3, -0.25) is 9.59 Å². The van der Waals surface area contributed by atoms with Crippen LogP contribution in [0.15, 0.2) is 30.5 Å². The molecule has 25 heavy (non-hydrogen) atoms. The Morgan fingerprint density at radius 2 is 1.84 bits per heavy atom. The van der Waals surface area contributed by atoms with Crippen molar-refractivity contribution in [3.8, 4) is 5.69 Å². The molecule has 0 spiro atoms. The maximum atomic E-state index is 12.5. The standard InChI is InChI=1S/C18H22ClN3O3/c1-4-18(5-2,17(24)25)11-20-16(23)15-10-22(21-12(15)3)14-8-6-13(19)7-9-14/h6-10H,4-5,11H2,1-3H3,(H,20,23)(H,24,25). The van der Waals surface area contributed by atoms with Crippen LogP contribution in [0.4, 0.5) is 0 Å². The van der Waals surface area contributed by atoms with Crippen molar-refractivity contribution in [2.24, 2.45) is 5.41 Å². The molecule has 2 aromatic rings. The van der Waals surface area contributed by atoms with Gasteiger partial charge in [0.25, 0.3) is 5.91 Å². The van der Waals surface area contributed by atoms with Crippen LogP contribution in [0.2, 0.25) is 5.02 Å². The van der Waals surface area contributed by atoms with Crippen molar-refractivity contribution in [1.82, 2.24) is 15.1 Å². The predicted octanol–water partition coefficient (Wildman–Crippen LogP) is 3.45. The van der Waals surface area contributed by atoms with Crippen LogP contribution in [-0.2, 0) is 4.79 Å². The topological polar surface area (TPSA) is 84.2 Å². The van der Waals surface area contributed by atoms with E-state index in [4.69, 9.17) is 11.6 Å². The highest BCUT2D eigenvalue weighted by Gasteiger charge is 2.35. The molecule has 7 heteroatoms. The van der Waals surface area contributed by atoms with Crippen LogP contribution in [0.3, 0.4) is 0 Å². The molecule has 2 rings (SSSR count). The first-order valence-corrected chi connectivity index (χ1v) is 8.54. The number of aliphatic carboxylic acids is 1. The van der Waals surface area contributed by atoms with E-state index in [0.29, 0.717) is 29.1 Å². The van der Waals surface area contributed by atoms with Crippen LogP contribution >= 0.6 is 11.6 Å². The van der Waals surface area contributed by atoms with E-state index in [1.165, 1.54) is 0 Å². The Morgan fingerprint density at radius 3 is 2.36 bits per heavy atom. The summed E-state index contributed by atoms with van der Waals surface area (Å²) in [5.41, 5.74) is 0.826. The SMILES string of the molecule is CCC(CC)(CNC(=O)c1cn(-c2ccc(Cl)cc2)nc1C)C(=O)O. The molecule has 1 aromatic carbocycles. The average Bonchev–Trinajstić information content (AvgIpc) is 2.98. The molecule has 134 valence electrons. The number of nitrogens with one attached hydrogen (secondary N) is 1. The van der Waals surface area contributed by atoms with E-state index in [1.54, 1.807) is 42.1 Å². The van der Waals surface area contributed by atoms with E-state index in [-0.39, 0.29) is 12.5 Å². The van der Waals surface area contributed by atoms with Gasteiger partial charge < -0.3 is 10.4 Å².